The molecule has 3 heteroatoms. The molecule has 0 radical (unpaired) electrons. The molecule has 0 saturated carbocycles. The van der Waals surface area contributed by atoms with E-state index < -0.39 is 0 Å². The van der Waals surface area contributed by atoms with Crippen LogP contribution in [-0.4, -0.2) is 38.1 Å². The third kappa shape index (κ3) is 19.4. The molecule has 0 bridgehead atoms. The van der Waals surface area contributed by atoms with Crippen LogP contribution in [-0.2, 0) is 9.53 Å². The Labute approximate surface area is 145 Å². The zero-order chi connectivity index (χ0) is 17.2. The van der Waals surface area contributed by atoms with E-state index in [4.69, 9.17) is 4.74 Å². The van der Waals surface area contributed by atoms with Crippen molar-refractivity contribution in [1.29, 1.82) is 0 Å². The molecule has 0 amide bonds. The lowest BCUT2D eigenvalue weighted by Gasteiger charge is -2.09. The van der Waals surface area contributed by atoms with E-state index in [1.165, 1.54) is 77.0 Å². The van der Waals surface area contributed by atoms with Crippen LogP contribution in [0.3, 0.4) is 0 Å². The first-order chi connectivity index (χ1) is 11.2. The number of ether oxygens (including phenoxy) is 1. The molecule has 0 N–H and O–H groups in total. The second kappa shape index (κ2) is 17.8. The summed E-state index contributed by atoms with van der Waals surface area (Å²) in [5.41, 5.74) is 0. The van der Waals surface area contributed by atoms with Gasteiger partial charge in [0.2, 0.25) is 0 Å². The Morgan fingerprint density at radius 3 is 1.61 bits per heavy atom. The first kappa shape index (κ1) is 22.4. The molecular formula is C20H41NO2. The van der Waals surface area contributed by atoms with Gasteiger partial charge < -0.3 is 9.64 Å². The van der Waals surface area contributed by atoms with E-state index in [2.05, 4.69) is 6.92 Å². The van der Waals surface area contributed by atoms with Crippen LogP contribution in [0, 0.1) is 0 Å². The summed E-state index contributed by atoms with van der Waals surface area (Å²) in [4.78, 5) is 13.5. The van der Waals surface area contributed by atoms with Crippen molar-refractivity contribution in [2.75, 3.05) is 27.2 Å². The molecule has 0 aliphatic heterocycles. The summed E-state index contributed by atoms with van der Waals surface area (Å²) < 4.78 is 5.18. The Balaban J connectivity index is 3.11. The van der Waals surface area contributed by atoms with Crippen molar-refractivity contribution in [3.8, 4) is 0 Å². The van der Waals surface area contributed by atoms with Gasteiger partial charge in [-0.2, -0.15) is 0 Å². The number of rotatable bonds is 17. The third-order valence-electron chi connectivity index (χ3n) is 4.29. The maximum absolute atomic E-state index is 11.5. The predicted molar refractivity (Wildman–Crippen MR) is 99.8 cm³/mol. The number of carbonyl (C=O) groups is 1. The summed E-state index contributed by atoms with van der Waals surface area (Å²) in [7, 11) is 3.97. The molecule has 0 atom stereocenters. The van der Waals surface area contributed by atoms with Gasteiger partial charge in [0.05, 0.1) is 0 Å². The minimum Gasteiger partial charge on any atom is -0.464 e. The summed E-state index contributed by atoms with van der Waals surface area (Å²) >= 11 is 0. The molecule has 0 saturated heterocycles. The number of hydrogen-bond donors (Lipinski definition) is 0. The number of nitrogens with zero attached hydrogens (tertiary/aromatic N) is 1. The molecule has 0 aromatic rings. The molecule has 0 fully saturated rings. The van der Waals surface area contributed by atoms with Crippen molar-refractivity contribution in [2.45, 2.75) is 96.8 Å². The van der Waals surface area contributed by atoms with Gasteiger partial charge in [-0.25, -0.2) is 0 Å². The van der Waals surface area contributed by atoms with Crippen molar-refractivity contribution in [2.24, 2.45) is 0 Å². The molecule has 0 aliphatic rings. The molecule has 0 heterocycles. The average molecular weight is 328 g/mol. The molecule has 23 heavy (non-hydrogen) atoms. The van der Waals surface area contributed by atoms with Gasteiger partial charge in [-0.1, -0.05) is 84.0 Å². The standard InChI is InChI=1S/C20H41NO2/c1-4-5-6-7-8-9-10-11-12-13-14-15-16-17-20(22)23-19-18-21(2)3/h4-19H2,1-3H3. The minimum atomic E-state index is -0.0325. The summed E-state index contributed by atoms with van der Waals surface area (Å²) in [6.45, 7) is 3.60. The first-order valence-electron chi connectivity index (χ1n) is 9.97. The van der Waals surface area contributed by atoms with Gasteiger partial charge in [-0.15, -0.1) is 0 Å². The smallest absolute Gasteiger partial charge is 0.305 e. The topological polar surface area (TPSA) is 29.5 Å². The minimum absolute atomic E-state index is 0.0325. The lowest BCUT2D eigenvalue weighted by Crippen LogP contribution is -2.20. The third-order valence-corrected chi connectivity index (χ3v) is 4.29. The van der Waals surface area contributed by atoms with Crippen LogP contribution in [0.2, 0.25) is 0 Å². The monoisotopic (exact) mass is 327 g/mol. The second-order valence-corrected chi connectivity index (χ2v) is 7.02. The highest BCUT2D eigenvalue weighted by Gasteiger charge is 2.02. The maximum Gasteiger partial charge on any atom is 0.305 e. The van der Waals surface area contributed by atoms with Gasteiger partial charge in [0, 0.05) is 13.0 Å². The van der Waals surface area contributed by atoms with E-state index in [0.717, 1.165) is 13.0 Å². The largest absolute Gasteiger partial charge is 0.464 e. The van der Waals surface area contributed by atoms with Crippen LogP contribution in [0.1, 0.15) is 96.8 Å². The Morgan fingerprint density at radius 2 is 1.17 bits per heavy atom. The van der Waals surface area contributed by atoms with Crippen LogP contribution in [0.15, 0.2) is 0 Å². The molecule has 0 rings (SSSR count). The first-order valence-corrected chi connectivity index (χ1v) is 9.97. The van der Waals surface area contributed by atoms with E-state index in [-0.39, 0.29) is 5.97 Å². The Morgan fingerprint density at radius 1 is 0.739 bits per heavy atom. The van der Waals surface area contributed by atoms with Crippen LogP contribution in [0.4, 0.5) is 0 Å². The fourth-order valence-electron chi connectivity index (χ4n) is 2.70. The van der Waals surface area contributed by atoms with Crippen molar-refractivity contribution in [1.82, 2.24) is 4.90 Å². The lowest BCUT2D eigenvalue weighted by atomic mass is 10.0. The predicted octanol–water partition coefficient (Wildman–Crippen LogP) is 5.57. The molecule has 0 unspecified atom stereocenters. The van der Waals surface area contributed by atoms with Crippen molar-refractivity contribution < 1.29 is 9.53 Å². The van der Waals surface area contributed by atoms with Crippen molar-refractivity contribution in [3.05, 3.63) is 0 Å². The van der Waals surface area contributed by atoms with Crippen molar-refractivity contribution >= 4 is 5.97 Å². The normalized spacial score (nSPS) is 11.1. The molecule has 3 nitrogen and oxygen atoms in total. The summed E-state index contributed by atoms with van der Waals surface area (Å²) in [5, 5.41) is 0. The molecule has 0 aliphatic carbocycles. The Kier molecular flexibility index (Phi) is 17.3. The summed E-state index contributed by atoms with van der Waals surface area (Å²) in [5.74, 6) is -0.0325. The highest BCUT2D eigenvalue weighted by Crippen LogP contribution is 2.13. The Hall–Kier alpha value is -0.570. The number of esters is 1. The zero-order valence-corrected chi connectivity index (χ0v) is 16.1. The highest BCUT2D eigenvalue weighted by atomic mass is 16.5. The van der Waals surface area contributed by atoms with Gasteiger partial charge in [0.1, 0.15) is 6.61 Å². The zero-order valence-electron chi connectivity index (χ0n) is 16.1. The summed E-state index contributed by atoms with van der Waals surface area (Å²) in [6.07, 6.45) is 17.9. The highest BCUT2D eigenvalue weighted by molar-refractivity contribution is 5.69. The van der Waals surface area contributed by atoms with Gasteiger partial charge in [0.15, 0.2) is 0 Å². The molecule has 0 spiro atoms. The van der Waals surface area contributed by atoms with E-state index in [1.54, 1.807) is 0 Å². The SMILES string of the molecule is CCCCCCCCCCCCCCCC(=O)OCCN(C)C. The number of carbonyl (C=O) groups excluding carboxylic acids is 1. The van der Waals surface area contributed by atoms with Gasteiger partial charge >= 0.3 is 5.97 Å². The molecule has 0 aromatic heterocycles. The molecule has 138 valence electrons. The quantitative estimate of drug-likeness (QED) is 0.258. The van der Waals surface area contributed by atoms with E-state index >= 15 is 0 Å². The van der Waals surface area contributed by atoms with Gasteiger partial charge in [-0.3, -0.25) is 4.79 Å². The van der Waals surface area contributed by atoms with Crippen molar-refractivity contribution in [3.63, 3.8) is 0 Å². The van der Waals surface area contributed by atoms with E-state index in [0.29, 0.717) is 13.0 Å². The second-order valence-electron chi connectivity index (χ2n) is 7.02. The summed E-state index contributed by atoms with van der Waals surface area (Å²) in [6, 6.07) is 0. The fraction of sp³-hybridized carbons (Fsp3) is 0.950. The molecular weight excluding hydrogens is 286 g/mol. The van der Waals surface area contributed by atoms with Crippen LogP contribution in [0.5, 0.6) is 0 Å². The van der Waals surface area contributed by atoms with Gasteiger partial charge in [-0.05, 0) is 20.5 Å². The Bertz CT molecular complexity index is 254. The van der Waals surface area contributed by atoms with E-state index in [9.17, 15) is 4.79 Å². The van der Waals surface area contributed by atoms with Crippen LogP contribution >= 0.6 is 0 Å². The lowest BCUT2D eigenvalue weighted by molar-refractivity contribution is -0.144. The maximum atomic E-state index is 11.5. The molecule has 0 aromatic carbocycles. The van der Waals surface area contributed by atoms with Crippen LogP contribution in [0.25, 0.3) is 0 Å². The number of likely N-dealkylation sites (N-methyl/N-ethyl adjacent to an activating group) is 1. The van der Waals surface area contributed by atoms with Crippen LogP contribution < -0.4 is 0 Å². The van der Waals surface area contributed by atoms with E-state index in [1.807, 2.05) is 19.0 Å². The number of unbranched alkanes of at least 4 members (excludes halogenated alkanes) is 12. The van der Waals surface area contributed by atoms with Gasteiger partial charge in [0.25, 0.3) is 0 Å². The number of hydrogen-bond acceptors (Lipinski definition) is 3. The fourth-order valence-corrected chi connectivity index (χ4v) is 2.70. The average Bonchev–Trinajstić information content (AvgIpc) is 2.51.